The van der Waals surface area contributed by atoms with Crippen LogP contribution in [0, 0.1) is 11.3 Å². The first-order valence-electron chi connectivity index (χ1n) is 5.72. The van der Waals surface area contributed by atoms with Gasteiger partial charge in [-0.2, -0.15) is 17.0 Å². The molecular formula is C13H17ClN2S. The lowest BCUT2D eigenvalue weighted by Gasteiger charge is -2.10. The third-order valence-corrected chi connectivity index (χ3v) is 3.75. The summed E-state index contributed by atoms with van der Waals surface area (Å²) in [6.45, 7) is 2.99. The number of nitrogens with one attached hydrogen (secondary N) is 1. The van der Waals surface area contributed by atoms with Crippen LogP contribution >= 0.6 is 23.4 Å². The van der Waals surface area contributed by atoms with Crippen LogP contribution in [-0.4, -0.2) is 18.3 Å². The maximum Gasteiger partial charge on any atom is 0.104 e. The normalized spacial score (nSPS) is 12.1. The fourth-order valence-electron chi connectivity index (χ4n) is 1.36. The lowest BCUT2D eigenvalue weighted by atomic mass is 10.2. The predicted molar refractivity (Wildman–Crippen MR) is 75.3 cm³/mol. The lowest BCUT2D eigenvalue weighted by molar-refractivity contribution is 0.637. The lowest BCUT2D eigenvalue weighted by Crippen LogP contribution is -2.30. The van der Waals surface area contributed by atoms with E-state index in [1.54, 1.807) is 11.8 Å². The molecule has 0 radical (unpaired) electrons. The minimum Gasteiger partial charge on any atom is -0.301 e. The van der Waals surface area contributed by atoms with Crippen molar-refractivity contribution in [2.75, 3.05) is 12.3 Å². The van der Waals surface area contributed by atoms with Crippen molar-refractivity contribution in [2.45, 2.75) is 25.1 Å². The Kier molecular flexibility index (Phi) is 7.11. The van der Waals surface area contributed by atoms with Crippen LogP contribution in [0.1, 0.15) is 18.9 Å². The molecule has 1 N–H and O–H groups in total. The molecule has 1 atom stereocenters. The molecular weight excluding hydrogens is 252 g/mol. The highest BCUT2D eigenvalue weighted by atomic mass is 35.5. The molecule has 0 saturated carbocycles. The third kappa shape index (κ3) is 5.45. The number of thioether (sulfide) groups is 1. The van der Waals surface area contributed by atoms with Crippen LogP contribution in [0.4, 0.5) is 0 Å². The van der Waals surface area contributed by atoms with Gasteiger partial charge in [0.2, 0.25) is 0 Å². The molecule has 0 saturated heterocycles. The van der Waals surface area contributed by atoms with Crippen LogP contribution in [0.3, 0.4) is 0 Å². The van der Waals surface area contributed by atoms with Gasteiger partial charge in [0, 0.05) is 16.5 Å². The quantitative estimate of drug-likeness (QED) is 0.823. The number of rotatable bonds is 7. The average molecular weight is 269 g/mol. The highest BCUT2D eigenvalue weighted by molar-refractivity contribution is 7.98. The van der Waals surface area contributed by atoms with Gasteiger partial charge in [0.25, 0.3) is 0 Å². The van der Waals surface area contributed by atoms with Gasteiger partial charge in [0.1, 0.15) is 6.04 Å². The molecule has 0 aliphatic heterocycles. The van der Waals surface area contributed by atoms with Crippen molar-refractivity contribution in [1.82, 2.24) is 5.32 Å². The van der Waals surface area contributed by atoms with Crippen molar-refractivity contribution in [3.05, 3.63) is 34.9 Å². The Morgan fingerprint density at radius 3 is 2.88 bits per heavy atom. The zero-order valence-electron chi connectivity index (χ0n) is 9.95. The summed E-state index contributed by atoms with van der Waals surface area (Å²) in [7, 11) is 0. The number of hydrogen-bond donors (Lipinski definition) is 1. The third-order valence-electron chi connectivity index (χ3n) is 2.30. The minimum atomic E-state index is -0.0672. The van der Waals surface area contributed by atoms with E-state index in [-0.39, 0.29) is 6.04 Å². The summed E-state index contributed by atoms with van der Waals surface area (Å²) in [5.41, 5.74) is 1.13. The molecule has 2 nitrogen and oxygen atoms in total. The van der Waals surface area contributed by atoms with E-state index in [4.69, 9.17) is 16.9 Å². The summed E-state index contributed by atoms with van der Waals surface area (Å²) < 4.78 is 0. The topological polar surface area (TPSA) is 35.8 Å². The highest BCUT2D eigenvalue weighted by Gasteiger charge is 2.06. The molecule has 0 spiro atoms. The Morgan fingerprint density at radius 2 is 2.24 bits per heavy atom. The van der Waals surface area contributed by atoms with Gasteiger partial charge in [0.15, 0.2) is 0 Å². The van der Waals surface area contributed by atoms with Crippen molar-refractivity contribution in [3.63, 3.8) is 0 Å². The average Bonchev–Trinajstić information content (AvgIpc) is 2.35. The van der Waals surface area contributed by atoms with Gasteiger partial charge in [-0.05, 0) is 24.6 Å². The minimum absolute atomic E-state index is 0.0672. The molecule has 4 heteroatoms. The van der Waals surface area contributed by atoms with E-state index in [0.29, 0.717) is 0 Å². The van der Waals surface area contributed by atoms with E-state index in [9.17, 15) is 0 Å². The van der Waals surface area contributed by atoms with E-state index < -0.39 is 0 Å². The second-order valence-electron chi connectivity index (χ2n) is 3.74. The van der Waals surface area contributed by atoms with E-state index in [1.165, 1.54) is 0 Å². The molecule has 0 aliphatic carbocycles. The SMILES string of the molecule is CCCNC(C#N)CSCc1ccccc1Cl. The molecule has 0 amide bonds. The molecule has 0 aromatic heterocycles. The Labute approximate surface area is 112 Å². The zero-order valence-corrected chi connectivity index (χ0v) is 11.5. The number of benzene rings is 1. The van der Waals surface area contributed by atoms with Crippen LogP contribution < -0.4 is 5.32 Å². The number of nitriles is 1. The zero-order chi connectivity index (χ0) is 12.5. The molecule has 1 unspecified atom stereocenters. The Bertz CT molecular complexity index is 376. The van der Waals surface area contributed by atoms with Gasteiger partial charge in [-0.25, -0.2) is 0 Å². The first-order chi connectivity index (χ1) is 8.27. The molecule has 1 aromatic carbocycles. The smallest absolute Gasteiger partial charge is 0.104 e. The van der Waals surface area contributed by atoms with Crippen molar-refractivity contribution in [2.24, 2.45) is 0 Å². The maximum atomic E-state index is 8.95. The molecule has 17 heavy (non-hydrogen) atoms. The Morgan fingerprint density at radius 1 is 1.47 bits per heavy atom. The Hall–Kier alpha value is -0.690. The summed E-state index contributed by atoms with van der Waals surface area (Å²) >= 11 is 7.80. The van der Waals surface area contributed by atoms with Gasteiger partial charge < -0.3 is 5.32 Å². The van der Waals surface area contributed by atoms with Crippen molar-refractivity contribution in [1.29, 1.82) is 5.26 Å². The molecule has 1 rings (SSSR count). The molecule has 92 valence electrons. The monoisotopic (exact) mass is 268 g/mol. The van der Waals surface area contributed by atoms with Gasteiger partial charge in [-0.1, -0.05) is 36.7 Å². The predicted octanol–water partition coefficient (Wildman–Crippen LogP) is 3.46. The standard InChI is InChI=1S/C13H17ClN2S/c1-2-7-16-12(8-15)10-17-9-11-5-3-4-6-13(11)14/h3-6,12,16H,2,7,9-10H2,1H3. The number of halogens is 1. The van der Waals surface area contributed by atoms with Crippen LogP contribution in [0.25, 0.3) is 0 Å². The number of nitrogens with zero attached hydrogens (tertiary/aromatic N) is 1. The van der Waals surface area contributed by atoms with E-state index >= 15 is 0 Å². The van der Waals surface area contributed by atoms with Crippen molar-refractivity contribution < 1.29 is 0 Å². The van der Waals surface area contributed by atoms with E-state index in [2.05, 4.69) is 18.3 Å². The summed E-state index contributed by atoms with van der Waals surface area (Å²) in [5.74, 6) is 1.65. The van der Waals surface area contributed by atoms with Gasteiger partial charge in [-0.15, -0.1) is 0 Å². The fourth-order valence-corrected chi connectivity index (χ4v) is 2.66. The maximum absolute atomic E-state index is 8.95. The summed E-state index contributed by atoms with van der Waals surface area (Å²) in [4.78, 5) is 0. The second-order valence-corrected chi connectivity index (χ2v) is 5.18. The van der Waals surface area contributed by atoms with Gasteiger partial charge in [-0.3, -0.25) is 0 Å². The number of hydrogen-bond acceptors (Lipinski definition) is 3. The van der Waals surface area contributed by atoms with Crippen LogP contribution in [0.2, 0.25) is 5.02 Å². The van der Waals surface area contributed by atoms with Crippen LogP contribution in [0.15, 0.2) is 24.3 Å². The fraction of sp³-hybridized carbons (Fsp3) is 0.462. The van der Waals surface area contributed by atoms with Gasteiger partial charge >= 0.3 is 0 Å². The second kappa shape index (κ2) is 8.41. The molecule has 0 heterocycles. The highest BCUT2D eigenvalue weighted by Crippen LogP contribution is 2.20. The summed E-state index contributed by atoms with van der Waals surface area (Å²) in [5, 5.41) is 13.0. The Balaban J connectivity index is 2.32. The molecule has 1 aromatic rings. The van der Waals surface area contributed by atoms with Crippen molar-refractivity contribution >= 4 is 23.4 Å². The van der Waals surface area contributed by atoms with Gasteiger partial charge in [0.05, 0.1) is 6.07 Å². The largest absolute Gasteiger partial charge is 0.301 e. The molecule has 0 bridgehead atoms. The summed E-state index contributed by atoms with van der Waals surface area (Å²) in [6, 6.07) is 10.0. The molecule has 0 aliphatic rings. The first-order valence-corrected chi connectivity index (χ1v) is 7.25. The van der Waals surface area contributed by atoms with E-state index in [1.807, 2.05) is 24.3 Å². The van der Waals surface area contributed by atoms with Crippen LogP contribution in [0.5, 0.6) is 0 Å². The molecule has 0 fully saturated rings. The first kappa shape index (κ1) is 14.4. The van der Waals surface area contributed by atoms with Crippen molar-refractivity contribution in [3.8, 4) is 6.07 Å². The van der Waals surface area contributed by atoms with E-state index in [0.717, 1.165) is 35.1 Å². The van der Waals surface area contributed by atoms with Crippen LogP contribution in [-0.2, 0) is 5.75 Å². The summed E-state index contributed by atoms with van der Waals surface area (Å²) in [6.07, 6.45) is 1.05.